The second-order valence-corrected chi connectivity index (χ2v) is 7.51. The van der Waals surface area contributed by atoms with E-state index in [2.05, 4.69) is 41.6 Å². The van der Waals surface area contributed by atoms with Crippen molar-refractivity contribution in [2.75, 3.05) is 32.7 Å². The van der Waals surface area contributed by atoms with Gasteiger partial charge in [0.15, 0.2) is 0 Å². The fourth-order valence-electron chi connectivity index (χ4n) is 3.90. The Bertz CT molecular complexity index is 358. The van der Waals surface area contributed by atoms with Gasteiger partial charge in [-0.2, -0.15) is 0 Å². The Balaban J connectivity index is 1.88. The van der Waals surface area contributed by atoms with E-state index >= 15 is 0 Å². The van der Waals surface area contributed by atoms with Crippen LogP contribution in [0.1, 0.15) is 59.3 Å². The summed E-state index contributed by atoms with van der Waals surface area (Å²) in [5.41, 5.74) is -0.345. The van der Waals surface area contributed by atoms with Gasteiger partial charge in [0.1, 0.15) is 5.54 Å². The second-order valence-electron chi connectivity index (χ2n) is 7.51. The van der Waals surface area contributed by atoms with Crippen molar-refractivity contribution in [3.63, 3.8) is 0 Å². The number of hydrogen-bond donors (Lipinski definition) is 3. The number of amides is 1. The van der Waals surface area contributed by atoms with Crippen molar-refractivity contribution in [2.24, 2.45) is 0 Å². The first-order valence-corrected chi connectivity index (χ1v) is 9.58. The van der Waals surface area contributed by atoms with Gasteiger partial charge in [-0.15, -0.1) is 0 Å². The fraction of sp³-hybridized carbons (Fsp3) is 0.944. The first kappa shape index (κ1) is 18.7. The van der Waals surface area contributed by atoms with Gasteiger partial charge in [0.2, 0.25) is 5.91 Å². The van der Waals surface area contributed by atoms with Crippen molar-refractivity contribution in [3.05, 3.63) is 0 Å². The topological polar surface area (TPSA) is 56.4 Å². The van der Waals surface area contributed by atoms with Gasteiger partial charge >= 0.3 is 0 Å². The summed E-state index contributed by atoms with van der Waals surface area (Å²) in [5, 5.41) is 10.6. The minimum Gasteiger partial charge on any atom is -0.341 e. The quantitative estimate of drug-likeness (QED) is 0.621. The SMILES string of the molecule is CCCCNC1CCN(C(=O)C2(NC(C)C)CCNCC2)CC1. The Kier molecular flexibility index (Phi) is 7.31. The number of carbonyl (C=O) groups is 1. The van der Waals surface area contributed by atoms with Gasteiger partial charge in [0, 0.05) is 25.2 Å². The Morgan fingerprint density at radius 2 is 1.91 bits per heavy atom. The van der Waals surface area contributed by atoms with Gasteiger partial charge in [0.05, 0.1) is 0 Å². The third-order valence-electron chi connectivity index (χ3n) is 5.18. The molecule has 5 heteroatoms. The van der Waals surface area contributed by atoms with E-state index in [9.17, 15) is 4.79 Å². The van der Waals surface area contributed by atoms with Crippen molar-refractivity contribution in [1.82, 2.24) is 20.9 Å². The standard InChI is InChI=1S/C18H36N4O/c1-4-5-10-20-16-6-13-22(14-7-16)17(23)18(21-15(2)3)8-11-19-12-9-18/h15-16,19-21H,4-14H2,1-3H3. The average Bonchev–Trinajstić information content (AvgIpc) is 2.55. The number of nitrogens with zero attached hydrogens (tertiary/aromatic N) is 1. The Morgan fingerprint density at radius 1 is 1.26 bits per heavy atom. The molecule has 0 aliphatic carbocycles. The lowest BCUT2D eigenvalue weighted by Crippen LogP contribution is -2.64. The molecular weight excluding hydrogens is 288 g/mol. The molecule has 0 atom stereocenters. The van der Waals surface area contributed by atoms with Gasteiger partial charge in [-0.05, 0) is 65.6 Å². The maximum atomic E-state index is 13.2. The third-order valence-corrected chi connectivity index (χ3v) is 5.18. The van der Waals surface area contributed by atoms with Crippen LogP contribution in [-0.4, -0.2) is 61.2 Å². The number of unbranched alkanes of at least 4 members (excludes halogenated alkanes) is 1. The molecule has 0 radical (unpaired) electrons. The van der Waals surface area contributed by atoms with E-state index in [-0.39, 0.29) is 5.54 Å². The minimum absolute atomic E-state index is 0.333. The van der Waals surface area contributed by atoms with Crippen LogP contribution in [0.3, 0.4) is 0 Å². The number of hydrogen-bond acceptors (Lipinski definition) is 4. The zero-order valence-electron chi connectivity index (χ0n) is 15.3. The molecule has 2 rings (SSSR count). The number of piperidine rings is 2. The maximum absolute atomic E-state index is 13.2. The van der Waals surface area contributed by atoms with Gasteiger partial charge in [-0.25, -0.2) is 0 Å². The summed E-state index contributed by atoms with van der Waals surface area (Å²) in [6.07, 6.45) is 6.46. The van der Waals surface area contributed by atoms with Crippen LogP contribution >= 0.6 is 0 Å². The van der Waals surface area contributed by atoms with Gasteiger partial charge in [0.25, 0.3) is 0 Å². The van der Waals surface area contributed by atoms with Gasteiger partial charge < -0.3 is 20.9 Å². The molecule has 23 heavy (non-hydrogen) atoms. The minimum atomic E-state index is -0.345. The van der Waals surface area contributed by atoms with Crippen LogP contribution in [0.5, 0.6) is 0 Å². The van der Waals surface area contributed by atoms with E-state index in [0.29, 0.717) is 18.0 Å². The van der Waals surface area contributed by atoms with Gasteiger partial charge in [-0.1, -0.05) is 13.3 Å². The molecule has 2 aliphatic heterocycles. The summed E-state index contributed by atoms with van der Waals surface area (Å²) in [7, 11) is 0. The molecule has 0 aromatic rings. The van der Waals surface area contributed by atoms with E-state index in [0.717, 1.165) is 58.4 Å². The highest BCUT2D eigenvalue weighted by Gasteiger charge is 2.42. The normalized spacial score (nSPS) is 22.5. The van der Waals surface area contributed by atoms with Crippen molar-refractivity contribution < 1.29 is 4.79 Å². The third kappa shape index (κ3) is 5.16. The van der Waals surface area contributed by atoms with E-state index in [4.69, 9.17) is 0 Å². The predicted octanol–water partition coefficient (Wildman–Crippen LogP) is 1.49. The summed E-state index contributed by atoms with van der Waals surface area (Å²) >= 11 is 0. The molecule has 0 aromatic carbocycles. The largest absolute Gasteiger partial charge is 0.341 e. The smallest absolute Gasteiger partial charge is 0.242 e. The zero-order valence-corrected chi connectivity index (χ0v) is 15.3. The lowest BCUT2D eigenvalue weighted by Gasteiger charge is -2.44. The first-order chi connectivity index (χ1) is 11.1. The van der Waals surface area contributed by atoms with Crippen LogP contribution in [0.4, 0.5) is 0 Å². The molecule has 5 nitrogen and oxygen atoms in total. The monoisotopic (exact) mass is 324 g/mol. The summed E-state index contributed by atoms with van der Waals surface area (Å²) in [6, 6.07) is 0.929. The first-order valence-electron chi connectivity index (χ1n) is 9.58. The van der Waals surface area contributed by atoms with Crippen LogP contribution in [0.2, 0.25) is 0 Å². The van der Waals surface area contributed by atoms with E-state index < -0.39 is 0 Å². The molecule has 3 N–H and O–H groups in total. The second kappa shape index (κ2) is 9.00. The molecule has 2 saturated heterocycles. The number of carbonyl (C=O) groups excluding carboxylic acids is 1. The highest BCUT2D eigenvalue weighted by atomic mass is 16.2. The van der Waals surface area contributed by atoms with E-state index in [1.807, 2.05) is 0 Å². The van der Waals surface area contributed by atoms with Crippen LogP contribution < -0.4 is 16.0 Å². The molecule has 0 aromatic heterocycles. The highest BCUT2D eigenvalue weighted by molar-refractivity contribution is 5.86. The average molecular weight is 325 g/mol. The molecule has 0 unspecified atom stereocenters. The molecule has 1 amide bonds. The molecule has 2 heterocycles. The highest BCUT2D eigenvalue weighted by Crippen LogP contribution is 2.24. The van der Waals surface area contributed by atoms with Crippen LogP contribution in [0.25, 0.3) is 0 Å². The molecule has 134 valence electrons. The van der Waals surface area contributed by atoms with E-state index in [1.54, 1.807) is 0 Å². The molecule has 2 fully saturated rings. The number of rotatable bonds is 7. The lowest BCUT2D eigenvalue weighted by atomic mass is 9.85. The lowest BCUT2D eigenvalue weighted by molar-refractivity contribution is -0.141. The zero-order chi connectivity index (χ0) is 16.7. The predicted molar refractivity (Wildman–Crippen MR) is 95.6 cm³/mol. The van der Waals surface area contributed by atoms with Crippen molar-refractivity contribution in [1.29, 1.82) is 0 Å². The Morgan fingerprint density at radius 3 is 2.48 bits per heavy atom. The van der Waals surface area contributed by atoms with Crippen molar-refractivity contribution in [2.45, 2.75) is 76.9 Å². The van der Waals surface area contributed by atoms with Gasteiger partial charge in [-0.3, -0.25) is 4.79 Å². The Labute approximate surface area is 142 Å². The Hall–Kier alpha value is -0.650. The van der Waals surface area contributed by atoms with E-state index in [1.165, 1.54) is 12.8 Å². The summed E-state index contributed by atoms with van der Waals surface area (Å²) < 4.78 is 0. The summed E-state index contributed by atoms with van der Waals surface area (Å²) in [4.78, 5) is 15.3. The summed E-state index contributed by atoms with van der Waals surface area (Å²) in [5.74, 6) is 0.333. The molecule has 2 aliphatic rings. The van der Waals surface area contributed by atoms with Crippen LogP contribution in [-0.2, 0) is 4.79 Å². The molecule has 0 saturated carbocycles. The number of likely N-dealkylation sites (tertiary alicyclic amines) is 1. The summed E-state index contributed by atoms with van der Waals surface area (Å²) in [6.45, 7) is 11.3. The molecular formula is C18H36N4O. The molecule has 0 spiro atoms. The molecule has 0 bridgehead atoms. The van der Waals surface area contributed by atoms with Crippen molar-refractivity contribution in [3.8, 4) is 0 Å². The number of nitrogens with one attached hydrogen (secondary N) is 3. The maximum Gasteiger partial charge on any atom is 0.242 e. The van der Waals surface area contributed by atoms with Crippen LogP contribution in [0.15, 0.2) is 0 Å². The fourth-order valence-corrected chi connectivity index (χ4v) is 3.90. The van der Waals surface area contributed by atoms with Crippen molar-refractivity contribution >= 4 is 5.91 Å². The van der Waals surface area contributed by atoms with Crippen LogP contribution in [0, 0.1) is 0 Å².